The molecule has 0 bridgehead atoms. The van der Waals surface area contributed by atoms with E-state index in [-0.39, 0.29) is 12.2 Å². The average molecular weight is 223 g/mol. The molecule has 1 aliphatic heterocycles. The van der Waals surface area contributed by atoms with Crippen molar-refractivity contribution in [2.24, 2.45) is 0 Å². The fourth-order valence-corrected chi connectivity index (χ4v) is 1.59. The molecule has 1 aromatic rings. The molecule has 3 nitrogen and oxygen atoms in total. The van der Waals surface area contributed by atoms with Crippen LogP contribution >= 0.6 is 0 Å². The Bertz CT molecular complexity index is 277. The number of nitrogens with one attached hydrogen (secondary N) is 1. The zero-order valence-electron chi connectivity index (χ0n) is 10.0. The first-order chi connectivity index (χ1) is 7.74. The molecular formula is C13H21NO2. The SMILES string of the molecule is COC1CNCCC1O.Cc1ccccc1. The highest BCUT2D eigenvalue weighted by molar-refractivity contribution is 5.11. The second-order valence-corrected chi connectivity index (χ2v) is 3.99. The highest BCUT2D eigenvalue weighted by Gasteiger charge is 2.21. The second-order valence-electron chi connectivity index (χ2n) is 3.99. The van der Waals surface area contributed by atoms with Crippen molar-refractivity contribution in [2.45, 2.75) is 25.6 Å². The molecule has 0 aliphatic carbocycles. The number of ether oxygens (including phenoxy) is 1. The standard InChI is InChI=1S/C7H8.C6H13NO2/c1-7-5-3-2-4-6-7;1-9-6-4-7-3-2-5(6)8/h2-6H,1H3;5-8H,2-4H2,1H3. The molecule has 2 N–H and O–H groups in total. The van der Waals surface area contributed by atoms with Crippen LogP contribution in [-0.2, 0) is 4.74 Å². The average Bonchev–Trinajstić information content (AvgIpc) is 2.31. The van der Waals surface area contributed by atoms with Crippen LogP contribution < -0.4 is 5.32 Å². The fraction of sp³-hybridized carbons (Fsp3) is 0.538. The van der Waals surface area contributed by atoms with E-state index in [4.69, 9.17) is 4.74 Å². The van der Waals surface area contributed by atoms with Crippen LogP contribution in [0.4, 0.5) is 0 Å². The van der Waals surface area contributed by atoms with Crippen molar-refractivity contribution in [1.82, 2.24) is 5.32 Å². The Morgan fingerprint density at radius 3 is 2.38 bits per heavy atom. The molecule has 0 radical (unpaired) electrons. The largest absolute Gasteiger partial charge is 0.390 e. The molecule has 1 aliphatic rings. The number of hydrogen-bond donors (Lipinski definition) is 2. The fourth-order valence-electron chi connectivity index (χ4n) is 1.59. The maximum atomic E-state index is 9.20. The summed E-state index contributed by atoms with van der Waals surface area (Å²) in [5.74, 6) is 0. The van der Waals surface area contributed by atoms with E-state index in [1.165, 1.54) is 5.56 Å². The normalized spacial score (nSPS) is 24.4. The summed E-state index contributed by atoms with van der Waals surface area (Å²) in [7, 11) is 1.63. The van der Waals surface area contributed by atoms with E-state index in [0.29, 0.717) is 0 Å². The summed E-state index contributed by atoms with van der Waals surface area (Å²) in [4.78, 5) is 0. The van der Waals surface area contributed by atoms with E-state index in [1.54, 1.807) is 7.11 Å². The molecule has 0 saturated carbocycles. The monoisotopic (exact) mass is 223 g/mol. The van der Waals surface area contributed by atoms with Crippen molar-refractivity contribution >= 4 is 0 Å². The molecule has 1 fully saturated rings. The minimum atomic E-state index is -0.267. The summed E-state index contributed by atoms with van der Waals surface area (Å²) in [6.45, 7) is 3.76. The van der Waals surface area contributed by atoms with Crippen LogP contribution in [-0.4, -0.2) is 37.5 Å². The van der Waals surface area contributed by atoms with Gasteiger partial charge in [0.1, 0.15) is 0 Å². The van der Waals surface area contributed by atoms with E-state index >= 15 is 0 Å². The van der Waals surface area contributed by atoms with Crippen LogP contribution in [0.3, 0.4) is 0 Å². The molecule has 0 aromatic heterocycles. The lowest BCUT2D eigenvalue weighted by Crippen LogP contribution is -2.44. The van der Waals surface area contributed by atoms with Gasteiger partial charge in [-0.15, -0.1) is 0 Å². The van der Waals surface area contributed by atoms with Crippen LogP contribution in [0, 0.1) is 6.92 Å². The third-order valence-corrected chi connectivity index (χ3v) is 2.63. The Hall–Kier alpha value is -0.900. The number of aryl methyl sites for hydroxylation is 1. The van der Waals surface area contributed by atoms with Crippen molar-refractivity contribution in [2.75, 3.05) is 20.2 Å². The number of benzene rings is 1. The lowest BCUT2D eigenvalue weighted by atomic mass is 10.1. The smallest absolute Gasteiger partial charge is 0.0954 e. The zero-order chi connectivity index (χ0) is 11.8. The Morgan fingerprint density at radius 2 is 2.00 bits per heavy atom. The van der Waals surface area contributed by atoms with Gasteiger partial charge in [-0.1, -0.05) is 35.9 Å². The molecule has 1 heterocycles. The van der Waals surface area contributed by atoms with E-state index in [2.05, 4.69) is 24.4 Å². The first-order valence-corrected chi connectivity index (χ1v) is 5.67. The summed E-state index contributed by atoms with van der Waals surface area (Å²) in [6.07, 6.45) is 0.536. The van der Waals surface area contributed by atoms with Crippen LogP contribution in [0.2, 0.25) is 0 Å². The van der Waals surface area contributed by atoms with Crippen molar-refractivity contribution in [1.29, 1.82) is 0 Å². The van der Waals surface area contributed by atoms with Gasteiger partial charge in [-0.05, 0) is 19.9 Å². The molecular weight excluding hydrogens is 202 g/mol. The molecule has 2 unspecified atom stereocenters. The minimum absolute atomic E-state index is 0.00116. The maximum Gasteiger partial charge on any atom is 0.0954 e. The molecule has 2 rings (SSSR count). The summed E-state index contributed by atoms with van der Waals surface area (Å²) < 4.78 is 4.99. The predicted octanol–water partition coefficient (Wildman–Crippen LogP) is 1.35. The van der Waals surface area contributed by atoms with Crippen molar-refractivity contribution in [3.8, 4) is 0 Å². The Morgan fingerprint density at radius 1 is 1.31 bits per heavy atom. The Kier molecular flexibility index (Phi) is 6.08. The van der Waals surface area contributed by atoms with Gasteiger partial charge in [-0.2, -0.15) is 0 Å². The zero-order valence-corrected chi connectivity index (χ0v) is 10.0. The third kappa shape index (κ3) is 4.75. The van der Waals surface area contributed by atoms with Crippen molar-refractivity contribution in [3.63, 3.8) is 0 Å². The topological polar surface area (TPSA) is 41.5 Å². The maximum absolute atomic E-state index is 9.20. The van der Waals surface area contributed by atoms with Gasteiger partial charge in [-0.25, -0.2) is 0 Å². The number of hydrogen-bond acceptors (Lipinski definition) is 3. The van der Waals surface area contributed by atoms with Gasteiger partial charge < -0.3 is 15.2 Å². The number of piperidine rings is 1. The third-order valence-electron chi connectivity index (χ3n) is 2.63. The molecule has 0 amide bonds. The van der Waals surface area contributed by atoms with E-state index in [0.717, 1.165) is 19.5 Å². The van der Waals surface area contributed by atoms with Gasteiger partial charge in [0.25, 0.3) is 0 Å². The minimum Gasteiger partial charge on any atom is -0.390 e. The van der Waals surface area contributed by atoms with Crippen LogP contribution in [0.5, 0.6) is 0 Å². The van der Waals surface area contributed by atoms with Crippen molar-refractivity contribution < 1.29 is 9.84 Å². The van der Waals surface area contributed by atoms with Crippen LogP contribution in [0.15, 0.2) is 30.3 Å². The number of aliphatic hydroxyl groups excluding tert-OH is 1. The van der Waals surface area contributed by atoms with Crippen LogP contribution in [0.25, 0.3) is 0 Å². The number of methoxy groups -OCH3 is 1. The van der Waals surface area contributed by atoms with Crippen LogP contribution in [0.1, 0.15) is 12.0 Å². The Balaban J connectivity index is 0.000000165. The molecule has 1 aromatic carbocycles. The van der Waals surface area contributed by atoms with E-state index in [9.17, 15) is 5.11 Å². The molecule has 0 spiro atoms. The van der Waals surface area contributed by atoms with Gasteiger partial charge in [0.2, 0.25) is 0 Å². The van der Waals surface area contributed by atoms with Gasteiger partial charge >= 0.3 is 0 Å². The second kappa shape index (κ2) is 7.39. The molecule has 3 heteroatoms. The van der Waals surface area contributed by atoms with Crippen molar-refractivity contribution in [3.05, 3.63) is 35.9 Å². The predicted molar refractivity (Wildman–Crippen MR) is 65.5 cm³/mol. The number of aliphatic hydroxyl groups is 1. The Labute approximate surface area is 97.4 Å². The lowest BCUT2D eigenvalue weighted by molar-refractivity contribution is -0.0273. The molecule has 1 saturated heterocycles. The van der Waals surface area contributed by atoms with E-state index < -0.39 is 0 Å². The quantitative estimate of drug-likeness (QED) is 0.755. The van der Waals surface area contributed by atoms with E-state index in [1.807, 2.05) is 18.2 Å². The van der Waals surface area contributed by atoms with Gasteiger partial charge in [0.05, 0.1) is 12.2 Å². The summed E-state index contributed by atoms with van der Waals surface area (Å²) in [5.41, 5.74) is 1.32. The molecule has 90 valence electrons. The van der Waals surface area contributed by atoms with Gasteiger partial charge in [0, 0.05) is 13.7 Å². The first-order valence-electron chi connectivity index (χ1n) is 5.67. The number of rotatable bonds is 1. The summed E-state index contributed by atoms with van der Waals surface area (Å²) in [6, 6.07) is 10.3. The van der Waals surface area contributed by atoms with Gasteiger partial charge in [-0.3, -0.25) is 0 Å². The summed E-state index contributed by atoms with van der Waals surface area (Å²) in [5, 5.41) is 12.3. The highest BCUT2D eigenvalue weighted by Crippen LogP contribution is 2.05. The summed E-state index contributed by atoms with van der Waals surface area (Å²) >= 11 is 0. The lowest BCUT2D eigenvalue weighted by Gasteiger charge is -2.26. The molecule has 16 heavy (non-hydrogen) atoms. The molecule has 2 atom stereocenters. The highest BCUT2D eigenvalue weighted by atomic mass is 16.5. The van der Waals surface area contributed by atoms with Gasteiger partial charge in [0.15, 0.2) is 0 Å². The first kappa shape index (κ1) is 13.2.